The van der Waals surface area contributed by atoms with Gasteiger partial charge in [0, 0.05) is 25.4 Å². The van der Waals surface area contributed by atoms with E-state index in [0.29, 0.717) is 24.2 Å². The van der Waals surface area contributed by atoms with E-state index in [4.69, 9.17) is 0 Å². The molecule has 0 aliphatic carbocycles. The topological polar surface area (TPSA) is 71.7 Å². The summed E-state index contributed by atoms with van der Waals surface area (Å²) < 4.78 is 30.8. The number of hydrogen-bond donors (Lipinski definition) is 0. The molecule has 0 bridgehead atoms. The predicted molar refractivity (Wildman–Crippen MR) is 131 cm³/mol. The van der Waals surface area contributed by atoms with Gasteiger partial charge in [-0.25, -0.2) is 8.42 Å². The third-order valence-corrected chi connectivity index (χ3v) is 9.23. The summed E-state index contributed by atoms with van der Waals surface area (Å²) in [5.41, 5.74) is 2.08. The molecule has 1 unspecified atom stereocenters. The maximum absolute atomic E-state index is 13.1. The van der Waals surface area contributed by atoms with Crippen molar-refractivity contribution in [3.8, 4) is 0 Å². The predicted octanol–water partition coefficient (Wildman–Crippen LogP) is 3.90. The number of sulfonamides is 1. The second kappa shape index (κ2) is 9.91. The molecule has 170 valence electrons. The Labute approximate surface area is 197 Å². The van der Waals surface area contributed by atoms with Crippen molar-refractivity contribution < 1.29 is 13.2 Å². The Balaban J connectivity index is 1.60. The van der Waals surface area contributed by atoms with Crippen molar-refractivity contribution in [2.24, 2.45) is 10.9 Å². The van der Waals surface area contributed by atoms with Gasteiger partial charge in [-0.05, 0) is 50.3 Å². The first kappa shape index (κ1) is 23.2. The molecule has 4 rings (SSSR count). The number of hydrogen-bond acceptors (Lipinski definition) is 5. The molecule has 3 aromatic rings. The van der Waals surface area contributed by atoms with Gasteiger partial charge in [0.1, 0.15) is 0 Å². The van der Waals surface area contributed by atoms with Gasteiger partial charge >= 0.3 is 0 Å². The fraction of sp³-hybridized carbons (Fsp3) is 0.391. The van der Waals surface area contributed by atoms with E-state index in [9.17, 15) is 13.2 Å². The largest absolute Gasteiger partial charge is 0.316 e. The van der Waals surface area contributed by atoms with E-state index in [1.165, 1.54) is 15.6 Å². The zero-order chi connectivity index (χ0) is 22.7. The Morgan fingerprint density at radius 1 is 1.19 bits per heavy atom. The first-order valence-corrected chi connectivity index (χ1v) is 14.3. The number of nitrogens with zero attached hydrogens (tertiary/aromatic N) is 3. The maximum Gasteiger partial charge on any atom is 0.252 e. The van der Waals surface area contributed by atoms with Crippen molar-refractivity contribution in [3.05, 3.63) is 58.9 Å². The summed E-state index contributed by atoms with van der Waals surface area (Å²) in [6, 6.07) is 14.9. The summed E-state index contributed by atoms with van der Waals surface area (Å²) in [7, 11) is -3.62. The zero-order valence-electron chi connectivity index (χ0n) is 18.2. The van der Waals surface area contributed by atoms with E-state index in [1.54, 1.807) is 36.0 Å². The Hall–Kier alpha value is -1.94. The monoisotopic (exact) mass is 489 g/mol. The Morgan fingerprint density at radius 3 is 2.69 bits per heavy atom. The van der Waals surface area contributed by atoms with Gasteiger partial charge in [-0.2, -0.15) is 21.1 Å². The van der Waals surface area contributed by atoms with Crippen molar-refractivity contribution in [1.29, 1.82) is 0 Å². The van der Waals surface area contributed by atoms with Crippen molar-refractivity contribution >= 4 is 49.2 Å². The molecule has 2 heterocycles. The highest BCUT2D eigenvalue weighted by Crippen LogP contribution is 2.25. The molecule has 0 N–H and O–H groups in total. The molecule has 1 aromatic heterocycles. The lowest BCUT2D eigenvalue weighted by Crippen LogP contribution is -2.42. The van der Waals surface area contributed by atoms with Crippen LogP contribution in [0.15, 0.2) is 58.4 Å². The quantitative estimate of drug-likeness (QED) is 0.526. The standard InChI is InChI=1S/C23H27N3O3S3/c1-17-9-11-19(12-10-17)32(28,29)25-13-5-6-18(16-25)22(27)24-23-26(14-15-30-2)20-7-3-4-8-21(20)31-23/h3-4,7-12,18H,5-6,13-16H2,1-2H3. The number of thioether (sulfide) groups is 1. The first-order valence-electron chi connectivity index (χ1n) is 10.6. The number of benzene rings is 2. The van der Waals surface area contributed by atoms with Crippen LogP contribution in [-0.4, -0.2) is 48.3 Å². The number of carbonyl (C=O) groups is 1. The van der Waals surface area contributed by atoms with E-state index in [1.807, 2.05) is 31.2 Å². The van der Waals surface area contributed by atoms with Crippen LogP contribution in [-0.2, 0) is 21.4 Å². The molecule has 1 amide bonds. The number of para-hydroxylation sites is 1. The Morgan fingerprint density at radius 2 is 1.94 bits per heavy atom. The minimum Gasteiger partial charge on any atom is -0.316 e. The van der Waals surface area contributed by atoms with Crippen molar-refractivity contribution in [2.45, 2.75) is 31.2 Å². The minimum atomic E-state index is -3.62. The number of rotatable bonds is 6. The molecule has 32 heavy (non-hydrogen) atoms. The van der Waals surface area contributed by atoms with Crippen molar-refractivity contribution in [3.63, 3.8) is 0 Å². The van der Waals surface area contributed by atoms with Gasteiger partial charge in [0.25, 0.3) is 5.91 Å². The van der Waals surface area contributed by atoms with Crippen LogP contribution in [0, 0.1) is 12.8 Å². The summed E-state index contributed by atoms with van der Waals surface area (Å²) in [6.07, 6.45) is 3.36. The molecule has 0 spiro atoms. The van der Waals surface area contributed by atoms with Crippen LogP contribution in [0.25, 0.3) is 10.2 Å². The van der Waals surface area contributed by atoms with Crippen LogP contribution in [0.5, 0.6) is 0 Å². The number of carbonyl (C=O) groups excluding carboxylic acids is 1. The normalized spacial score (nSPS) is 18.3. The maximum atomic E-state index is 13.1. The van der Waals surface area contributed by atoms with E-state index < -0.39 is 15.9 Å². The Kier molecular flexibility index (Phi) is 7.19. The van der Waals surface area contributed by atoms with Crippen LogP contribution in [0.3, 0.4) is 0 Å². The Bertz CT molecular complexity index is 1280. The summed E-state index contributed by atoms with van der Waals surface area (Å²) in [5, 5.41) is 0. The van der Waals surface area contributed by atoms with Crippen LogP contribution in [0.2, 0.25) is 0 Å². The van der Waals surface area contributed by atoms with Crippen LogP contribution in [0.1, 0.15) is 18.4 Å². The van der Waals surface area contributed by atoms with Crippen molar-refractivity contribution in [2.75, 3.05) is 25.1 Å². The number of thiazole rings is 1. The molecule has 1 atom stereocenters. The highest BCUT2D eigenvalue weighted by molar-refractivity contribution is 7.98. The molecule has 1 saturated heterocycles. The lowest BCUT2D eigenvalue weighted by Gasteiger charge is -2.30. The second-order valence-electron chi connectivity index (χ2n) is 7.96. The summed E-state index contributed by atoms with van der Waals surface area (Å²) >= 11 is 3.26. The first-order chi connectivity index (χ1) is 15.4. The van der Waals surface area contributed by atoms with Gasteiger partial charge in [0.15, 0.2) is 4.80 Å². The van der Waals surface area contributed by atoms with Crippen LogP contribution in [0.4, 0.5) is 0 Å². The average Bonchev–Trinajstić information content (AvgIpc) is 3.14. The summed E-state index contributed by atoms with van der Waals surface area (Å²) in [6.45, 7) is 3.30. The summed E-state index contributed by atoms with van der Waals surface area (Å²) in [5.74, 6) is 0.259. The average molecular weight is 490 g/mol. The molecule has 1 fully saturated rings. The van der Waals surface area contributed by atoms with E-state index >= 15 is 0 Å². The van der Waals surface area contributed by atoms with Gasteiger partial charge < -0.3 is 4.57 Å². The van der Waals surface area contributed by atoms with E-state index in [2.05, 4.69) is 15.8 Å². The van der Waals surface area contributed by atoms with Gasteiger partial charge in [-0.1, -0.05) is 41.2 Å². The molecule has 1 aliphatic heterocycles. The molecule has 1 aliphatic rings. The number of aryl methyl sites for hydroxylation is 2. The third-order valence-electron chi connectivity index (χ3n) is 5.71. The molecular formula is C23H27N3O3S3. The number of amides is 1. The smallest absolute Gasteiger partial charge is 0.252 e. The van der Waals surface area contributed by atoms with Crippen LogP contribution < -0.4 is 4.80 Å². The number of aromatic nitrogens is 1. The lowest BCUT2D eigenvalue weighted by atomic mass is 9.99. The molecule has 0 saturated carbocycles. The van der Waals surface area contributed by atoms with Crippen molar-refractivity contribution in [1.82, 2.24) is 8.87 Å². The minimum absolute atomic E-state index is 0.175. The van der Waals surface area contributed by atoms with Gasteiger partial charge in [0.05, 0.1) is 21.0 Å². The molecule has 0 radical (unpaired) electrons. The SMILES string of the molecule is CSCCn1c(=NC(=O)C2CCCN(S(=O)(=O)c3ccc(C)cc3)C2)sc2ccccc21. The highest BCUT2D eigenvalue weighted by Gasteiger charge is 2.33. The zero-order valence-corrected chi connectivity index (χ0v) is 20.7. The van der Waals surface area contributed by atoms with Gasteiger partial charge in [-0.3, -0.25) is 4.79 Å². The van der Waals surface area contributed by atoms with Gasteiger partial charge in [0.2, 0.25) is 10.0 Å². The fourth-order valence-electron chi connectivity index (χ4n) is 3.91. The van der Waals surface area contributed by atoms with Crippen LogP contribution >= 0.6 is 23.1 Å². The molecular weight excluding hydrogens is 462 g/mol. The summed E-state index contributed by atoms with van der Waals surface area (Å²) in [4.78, 5) is 18.6. The molecule has 2 aromatic carbocycles. The second-order valence-corrected chi connectivity index (χ2v) is 11.9. The van der Waals surface area contributed by atoms with Gasteiger partial charge in [-0.15, -0.1) is 0 Å². The fourth-order valence-corrected chi connectivity index (χ4v) is 6.86. The van der Waals surface area contributed by atoms with E-state index in [-0.39, 0.29) is 17.3 Å². The third kappa shape index (κ3) is 4.85. The number of piperidine rings is 1. The van der Waals surface area contributed by atoms with E-state index in [0.717, 1.165) is 28.1 Å². The highest BCUT2D eigenvalue weighted by atomic mass is 32.2. The lowest BCUT2D eigenvalue weighted by molar-refractivity contribution is -0.122. The number of fused-ring (bicyclic) bond motifs is 1. The molecule has 6 nitrogen and oxygen atoms in total. The molecule has 9 heteroatoms.